The minimum Gasteiger partial charge on any atom is -0.496 e. The molecule has 0 bridgehead atoms. The average Bonchev–Trinajstić information content (AvgIpc) is 3.37. The van der Waals surface area contributed by atoms with Crippen molar-refractivity contribution in [1.29, 1.82) is 0 Å². The Kier molecular flexibility index (Phi) is 7.63. The van der Waals surface area contributed by atoms with Crippen LogP contribution in [0.25, 0.3) is 11.1 Å². The Balaban J connectivity index is 1.70. The Labute approximate surface area is 201 Å². The lowest BCUT2D eigenvalue weighted by molar-refractivity contribution is -0.145. The van der Waals surface area contributed by atoms with Gasteiger partial charge in [-0.3, -0.25) is 0 Å². The molecule has 2 fully saturated rings. The van der Waals surface area contributed by atoms with E-state index in [2.05, 4.69) is 17.4 Å². The highest BCUT2D eigenvalue weighted by molar-refractivity contribution is 5.83. The van der Waals surface area contributed by atoms with Gasteiger partial charge < -0.3 is 29.4 Å². The van der Waals surface area contributed by atoms with Crippen molar-refractivity contribution in [2.45, 2.75) is 57.1 Å². The van der Waals surface area contributed by atoms with Crippen LogP contribution in [-0.4, -0.2) is 56.8 Å². The van der Waals surface area contributed by atoms with Gasteiger partial charge in [-0.25, -0.2) is 4.79 Å². The Morgan fingerprint density at radius 1 is 1.12 bits per heavy atom. The van der Waals surface area contributed by atoms with Crippen LogP contribution < -0.4 is 14.8 Å². The van der Waals surface area contributed by atoms with Crippen LogP contribution in [0.1, 0.15) is 43.2 Å². The maximum atomic E-state index is 12.2. The number of rotatable bonds is 9. The minimum atomic E-state index is -1.01. The van der Waals surface area contributed by atoms with Gasteiger partial charge in [0.25, 0.3) is 0 Å². The molecular formula is C27H35NO6. The molecule has 2 aliphatic rings. The number of hydrogen-bond donors (Lipinski definition) is 2. The highest BCUT2D eigenvalue weighted by Crippen LogP contribution is 2.38. The second-order valence-electron chi connectivity index (χ2n) is 9.18. The van der Waals surface area contributed by atoms with Crippen LogP contribution in [0, 0.1) is 6.92 Å². The summed E-state index contributed by atoms with van der Waals surface area (Å²) in [5, 5.41) is 13.3. The largest absolute Gasteiger partial charge is 0.496 e. The molecule has 2 aromatic rings. The Morgan fingerprint density at radius 3 is 2.41 bits per heavy atom. The summed E-state index contributed by atoms with van der Waals surface area (Å²) in [6, 6.07) is 10.2. The van der Waals surface area contributed by atoms with Gasteiger partial charge in [0.05, 0.1) is 20.3 Å². The van der Waals surface area contributed by atoms with E-state index < -0.39 is 11.5 Å². The molecule has 4 rings (SSSR count). The van der Waals surface area contributed by atoms with Gasteiger partial charge in [0, 0.05) is 43.9 Å². The highest BCUT2D eigenvalue weighted by atomic mass is 16.5. The lowest BCUT2D eigenvalue weighted by Gasteiger charge is -2.35. The number of aryl methyl sites for hydroxylation is 1. The van der Waals surface area contributed by atoms with Crippen LogP contribution in [0.4, 0.5) is 5.69 Å². The number of ether oxygens (including phenoxy) is 4. The molecule has 2 N–H and O–H groups in total. The van der Waals surface area contributed by atoms with Crippen LogP contribution >= 0.6 is 0 Å². The quantitative estimate of drug-likeness (QED) is 0.544. The van der Waals surface area contributed by atoms with Gasteiger partial charge in [-0.2, -0.15) is 0 Å². The van der Waals surface area contributed by atoms with Gasteiger partial charge in [0.15, 0.2) is 0 Å². The SMILES string of the molecule is COc1cc(-c2ccc(NC3(C(=O)O)CCOCC3)cc2CCC2CCCO2)cc(OC)c1C. The third-order valence-electron chi connectivity index (χ3n) is 7.07. The standard InChI is InChI=1S/C27H35NO6/c1-18-24(31-2)16-20(17-25(18)32-3)23-9-7-21(15-19(23)6-8-22-5-4-12-34-22)28-27(26(29)30)10-13-33-14-11-27/h7,9,15-17,22,28H,4-6,8,10-14H2,1-3H3,(H,29,30). The molecule has 2 aromatic carbocycles. The zero-order valence-corrected chi connectivity index (χ0v) is 20.3. The van der Waals surface area contributed by atoms with Gasteiger partial charge in [0.1, 0.15) is 17.0 Å². The first-order valence-electron chi connectivity index (χ1n) is 12.0. The number of carbonyl (C=O) groups is 1. The van der Waals surface area contributed by atoms with Crippen LogP contribution in [0.2, 0.25) is 0 Å². The van der Waals surface area contributed by atoms with E-state index in [0.717, 1.165) is 71.7 Å². The van der Waals surface area contributed by atoms with Crippen LogP contribution in [0.15, 0.2) is 30.3 Å². The first-order chi connectivity index (χ1) is 16.5. The van der Waals surface area contributed by atoms with E-state index in [4.69, 9.17) is 18.9 Å². The lowest BCUT2D eigenvalue weighted by Crippen LogP contribution is -2.50. The molecule has 2 aliphatic heterocycles. The molecule has 2 saturated heterocycles. The van der Waals surface area contributed by atoms with Crippen LogP contribution in [0.3, 0.4) is 0 Å². The predicted octanol–water partition coefficient (Wildman–Crippen LogP) is 4.84. The summed E-state index contributed by atoms with van der Waals surface area (Å²) in [7, 11) is 3.33. The van der Waals surface area contributed by atoms with E-state index in [1.165, 1.54) is 0 Å². The molecule has 7 nitrogen and oxygen atoms in total. The highest BCUT2D eigenvalue weighted by Gasteiger charge is 2.40. The molecule has 1 unspecified atom stereocenters. The predicted molar refractivity (Wildman–Crippen MR) is 131 cm³/mol. The van der Waals surface area contributed by atoms with E-state index >= 15 is 0 Å². The number of anilines is 1. The average molecular weight is 470 g/mol. The summed E-state index contributed by atoms with van der Waals surface area (Å²) in [6.07, 6.45) is 5.08. The molecule has 2 heterocycles. The maximum Gasteiger partial charge on any atom is 0.329 e. The van der Waals surface area contributed by atoms with Gasteiger partial charge >= 0.3 is 5.97 Å². The fourth-order valence-corrected chi connectivity index (χ4v) is 4.98. The summed E-state index contributed by atoms with van der Waals surface area (Å²) in [5.74, 6) is 0.705. The summed E-state index contributed by atoms with van der Waals surface area (Å²) < 4.78 is 22.5. The minimum absolute atomic E-state index is 0.271. The molecule has 0 spiro atoms. The fraction of sp³-hybridized carbons (Fsp3) is 0.519. The smallest absolute Gasteiger partial charge is 0.329 e. The Morgan fingerprint density at radius 2 is 1.82 bits per heavy atom. The molecule has 34 heavy (non-hydrogen) atoms. The monoisotopic (exact) mass is 469 g/mol. The molecule has 7 heteroatoms. The number of methoxy groups -OCH3 is 2. The molecule has 0 radical (unpaired) electrons. The van der Waals surface area contributed by atoms with Crippen molar-refractivity contribution in [2.24, 2.45) is 0 Å². The maximum absolute atomic E-state index is 12.2. The second-order valence-corrected chi connectivity index (χ2v) is 9.18. The molecule has 1 atom stereocenters. The van der Waals surface area contributed by atoms with Crippen molar-refractivity contribution >= 4 is 11.7 Å². The van der Waals surface area contributed by atoms with Crippen molar-refractivity contribution in [1.82, 2.24) is 0 Å². The Bertz CT molecular complexity index is 983. The normalized spacial score (nSPS) is 19.6. The number of hydrogen-bond acceptors (Lipinski definition) is 6. The number of nitrogens with one attached hydrogen (secondary N) is 1. The molecule has 184 valence electrons. The van der Waals surface area contributed by atoms with E-state index in [1.807, 2.05) is 25.1 Å². The van der Waals surface area contributed by atoms with E-state index in [1.54, 1.807) is 14.2 Å². The topological polar surface area (TPSA) is 86.3 Å². The third-order valence-corrected chi connectivity index (χ3v) is 7.07. The van der Waals surface area contributed by atoms with Crippen LogP contribution in [-0.2, 0) is 20.7 Å². The Hall–Kier alpha value is -2.77. The van der Waals surface area contributed by atoms with E-state index in [-0.39, 0.29) is 6.10 Å². The fourth-order valence-electron chi connectivity index (χ4n) is 4.98. The van der Waals surface area contributed by atoms with Gasteiger partial charge in [-0.1, -0.05) is 6.07 Å². The van der Waals surface area contributed by atoms with E-state index in [0.29, 0.717) is 26.1 Å². The first-order valence-corrected chi connectivity index (χ1v) is 12.0. The molecule has 0 aromatic heterocycles. The molecule has 0 saturated carbocycles. The first kappa shape index (κ1) is 24.4. The van der Waals surface area contributed by atoms with E-state index in [9.17, 15) is 9.90 Å². The zero-order chi connectivity index (χ0) is 24.1. The van der Waals surface area contributed by atoms with Crippen molar-refractivity contribution in [2.75, 3.05) is 39.4 Å². The summed E-state index contributed by atoms with van der Waals surface area (Å²) >= 11 is 0. The van der Waals surface area contributed by atoms with Gasteiger partial charge in [0.2, 0.25) is 0 Å². The number of benzene rings is 2. The molecule has 0 amide bonds. The lowest BCUT2D eigenvalue weighted by atomic mass is 9.89. The van der Waals surface area contributed by atoms with Crippen molar-refractivity contribution < 1.29 is 28.8 Å². The zero-order valence-electron chi connectivity index (χ0n) is 20.3. The molecule has 0 aliphatic carbocycles. The van der Waals surface area contributed by atoms with Gasteiger partial charge in [-0.15, -0.1) is 0 Å². The third kappa shape index (κ3) is 5.15. The number of aliphatic carboxylic acids is 1. The van der Waals surface area contributed by atoms with Crippen LogP contribution in [0.5, 0.6) is 11.5 Å². The van der Waals surface area contributed by atoms with Gasteiger partial charge in [-0.05, 0) is 73.6 Å². The summed E-state index contributed by atoms with van der Waals surface area (Å²) in [4.78, 5) is 12.2. The number of carboxylic acids is 1. The second kappa shape index (κ2) is 10.7. The van der Waals surface area contributed by atoms with Crippen molar-refractivity contribution in [3.8, 4) is 22.6 Å². The summed E-state index contributed by atoms with van der Waals surface area (Å²) in [6.45, 7) is 3.68. The molecular weight excluding hydrogens is 434 g/mol. The van der Waals surface area contributed by atoms with Crippen molar-refractivity contribution in [3.63, 3.8) is 0 Å². The van der Waals surface area contributed by atoms with Crippen molar-refractivity contribution in [3.05, 3.63) is 41.5 Å². The summed E-state index contributed by atoms with van der Waals surface area (Å²) in [5.41, 5.74) is 3.98. The number of carboxylic acid groups (broad SMARTS) is 1.